The molecule has 202 valence electrons. The molecule has 0 heterocycles. The minimum absolute atomic E-state index is 0.189. The predicted octanol–water partition coefficient (Wildman–Crippen LogP) is 5.66. The summed E-state index contributed by atoms with van der Waals surface area (Å²) in [4.78, 5) is 12.5. The van der Waals surface area contributed by atoms with Crippen molar-refractivity contribution in [3.63, 3.8) is 0 Å². The molecule has 3 aliphatic rings. The Balaban J connectivity index is 1.77. The number of rotatable bonds is 8. The van der Waals surface area contributed by atoms with E-state index in [4.69, 9.17) is 4.74 Å². The zero-order valence-corrected chi connectivity index (χ0v) is 23.0. The van der Waals surface area contributed by atoms with Gasteiger partial charge in [-0.2, -0.15) is 0 Å². The Kier molecular flexibility index (Phi) is 9.46. The average molecular weight is 501 g/mol. The van der Waals surface area contributed by atoms with Gasteiger partial charge in [0.2, 0.25) is 0 Å². The predicted molar refractivity (Wildman–Crippen MR) is 144 cm³/mol. The molecular formula is C31H48O5. The van der Waals surface area contributed by atoms with Crippen LogP contribution in [-0.4, -0.2) is 46.7 Å². The smallest absolute Gasteiger partial charge is 0.314 e. The zero-order chi connectivity index (χ0) is 26.7. The van der Waals surface area contributed by atoms with E-state index in [1.54, 1.807) is 0 Å². The van der Waals surface area contributed by atoms with Gasteiger partial charge in [-0.3, -0.25) is 4.79 Å². The van der Waals surface area contributed by atoms with Gasteiger partial charge in [-0.15, -0.1) is 0 Å². The molecule has 5 heteroatoms. The Hall–Kier alpha value is -1.69. The minimum atomic E-state index is -0.897. The highest BCUT2D eigenvalue weighted by molar-refractivity contribution is 5.77. The normalized spacial score (nSPS) is 35.3. The number of hydrogen-bond acceptors (Lipinski definition) is 5. The number of esters is 1. The SMILES string of the molecule is C=C1C(=CC=C2CCC[C@]3(C)[C@@H]([C@H](C)C=C[C@@H](O)C(CC)(CC)C(=O)OC)CC[C@@H]23)C[C@@H](O)C[C@@H]1O. The lowest BCUT2D eigenvalue weighted by Gasteiger charge is -2.44. The van der Waals surface area contributed by atoms with Crippen LogP contribution in [0.25, 0.3) is 0 Å². The Morgan fingerprint density at radius 3 is 2.56 bits per heavy atom. The van der Waals surface area contributed by atoms with Crippen molar-refractivity contribution in [3.8, 4) is 0 Å². The molecule has 0 bridgehead atoms. The molecule has 0 aromatic heterocycles. The lowest BCUT2D eigenvalue weighted by molar-refractivity contribution is -0.159. The molecule has 0 aromatic rings. The Labute approximate surface area is 218 Å². The first-order valence-electron chi connectivity index (χ1n) is 13.9. The number of aliphatic hydroxyl groups excluding tert-OH is 3. The van der Waals surface area contributed by atoms with Crippen molar-refractivity contribution in [1.29, 1.82) is 0 Å². The van der Waals surface area contributed by atoms with Gasteiger partial charge < -0.3 is 20.1 Å². The molecule has 3 aliphatic carbocycles. The largest absolute Gasteiger partial charge is 0.469 e. The van der Waals surface area contributed by atoms with Crippen LogP contribution < -0.4 is 0 Å². The number of allylic oxidation sites excluding steroid dienone is 4. The summed E-state index contributed by atoms with van der Waals surface area (Å²) >= 11 is 0. The van der Waals surface area contributed by atoms with Crippen LogP contribution in [-0.2, 0) is 9.53 Å². The molecule has 36 heavy (non-hydrogen) atoms. The molecule has 0 aromatic carbocycles. The maximum atomic E-state index is 12.5. The zero-order valence-electron chi connectivity index (χ0n) is 23.0. The van der Waals surface area contributed by atoms with E-state index < -0.39 is 23.7 Å². The van der Waals surface area contributed by atoms with Crippen LogP contribution in [0, 0.1) is 28.6 Å². The van der Waals surface area contributed by atoms with E-state index in [1.807, 2.05) is 19.9 Å². The molecule has 3 rings (SSSR count). The summed E-state index contributed by atoms with van der Waals surface area (Å²) < 4.78 is 5.03. The van der Waals surface area contributed by atoms with Gasteiger partial charge in [0, 0.05) is 6.42 Å². The summed E-state index contributed by atoms with van der Waals surface area (Å²) in [6, 6.07) is 0. The van der Waals surface area contributed by atoms with Gasteiger partial charge in [-0.25, -0.2) is 0 Å². The van der Waals surface area contributed by atoms with Gasteiger partial charge in [-0.1, -0.05) is 64.2 Å². The first-order chi connectivity index (χ1) is 17.0. The van der Waals surface area contributed by atoms with Crippen molar-refractivity contribution >= 4 is 5.97 Å². The van der Waals surface area contributed by atoms with Gasteiger partial charge in [0.05, 0.1) is 30.8 Å². The fraction of sp³-hybridized carbons (Fsp3) is 0.710. The first kappa shape index (κ1) is 28.9. The second kappa shape index (κ2) is 11.8. The van der Waals surface area contributed by atoms with Crippen molar-refractivity contribution in [1.82, 2.24) is 0 Å². The highest BCUT2D eigenvalue weighted by Gasteiger charge is 2.50. The summed E-state index contributed by atoms with van der Waals surface area (Å²) in [6.45, 7) is 12.6. The summed E-state index contributed by atoms with van der Waals surface area (Å²) in [5.41, 5.74) is 2.46. The Morgan fingerprint density at radius 1 is 1.22 bits per heavy atom. The Bertz CT molecular complexity index is 895. The highest BCUT2D eigenvalue weighted by Crippen LogP contribution is 2.59. The molecule has 0 unspecified atom stereocenters. The molecule has 0 aliphatic heterocycles. The van der Waals surface area contributed by atoms with Crippen LogP contribution in [0.1, 0.15) is 85.5 Å². The van der Waals surface area contributed by atoms with Crippen molar-refractivity contribution in [2.75, 3.05) is 7.11 Å². The van der Waals surface area contributed by atoms with Crippen LogP contribution in [0.2, 0.25) is 0 Å². The lowest BCUT2D eigenvalue weighted by atomic mass is 9.61. The topological polar surface area (TPSA) is 87.0 Å². The summed E-state index contributed by atoms with van der Waals surface area (Å²) in [5.74, 6) is 0.967. The van der Waals surface area contributed by atoms with E-state index >= 15 is 0 Å². The second-order valence-corrected chi connectivity index (χ2v) is 11.7. The third-order valence-electron chi connectivity index (χ3n) is 9.95. The number of carbonyl (C=O) groups is 1. The Morgan fingerprint density at radius 2 is 1.92 bits per heavy atom. The first-order valence-corrected chi connectivity index (χ1v) is 13.9. The number of methoxy groups -OCH3 is 1. The summed E-state index contributed by atoms with van der Waals surface area (Å²) in [5, 5.41) is 31.3. The van der Waals surface area contributed by atoms with Crippen molar-refractivity contribution in [3.05, 3.63) is 47.6 Å². The molecule has 5 nitrogen and oxygen atoms in total. The number of ether oxygens (including phenoxy) is 1. The third kappa shape index (κ3) is 5.44. The van der Waals surface area contributed by atoms with Gasteiger partial charge in [0.25, 0.3) is 0 Å². The van der Waals surface area contributed by atoms with Crippen LogP contribution in [0.5, 0.6) is 0 Å². The average Bonchev–Trinajstić information content (AvgIpc) is 3.22. The summed E-state index contributed by atoms with van der Waals surface area (Å²) in [6.07, 6.45) is 14.0. The van der Waals surface area contributed by atoms with E-state index in [-0.39, 0.29) is 11.4 Å². The van der Waals surface area contributed by atoms with Gasteiger partial charge in [0.1, 0.15) is 0 Å². The van der Waals surface area contributed by atoms with Crippen LogP contribution >= 0.6 is 0 Å². The molecule has 0 radical (unpaired) electrons. The van der Waals surface area contributed by atoms with E-state index in [0.29, 0.717) is 43.4 Å². The van der Waals surface area contributed by atoms with Crippen molar-refractivity contribution in [2.24, 2.45) is 28.6 Å². The fourth-order valence-corrected chi connectivity index (χ4v) is 7.49. The number of fused-ring (bicyclic) bond motifs is 1. The van der Waals surface area contributed by atoms with E-state index in [9.17, 15) is 20.1 Å². The van der Waals surface area contributed by atoms with Crippen LogP contribution in [0.3, 0.4) is 0 Å². The van der Waals surface area contributed by atoms with E-state index in [1.165, 1.54) is 19.1 Å². The van der Waals surface area contributed by atoms with Gasteiger partial charge in [0.15, 0.2) is 0 Å². The monoisotopic (exact) mass is 500 g/mol. The highest BCUT2D eigenvalue weighted by atomic mass is 16.5. The number of hydrogen-bond donors (Lipinski definition) is 3. The molecule has 0 amide bonds. The van der Waals surface area contributed by atoms with Crippen molar-refractivity contribution < 1.29 is 24.9 Å². The molecule has 0 saturated heterocycles. The van der Waals surface area contributed by atoms with Crippen molar-refractivity contribution in [2.45, 2.75) is 104 Å². The number of aliphatic hydroxyl groups is 3. The van der Waals surface area contributed by atoms with Crippen LogP contribution in [0.4, 0.5) is 0 Å². The molecular weight excluding hydrogens is 452 g/mol. The van der Waals surface area contributed by atoms with E-state index in [0.717, 1.165) is 36.8 Å². The molecule has 7 atom stereocenters. The lowest BCUT2D eigenvalue weighted by Crippen LogP contribution is -2.41. The van der Waals surface area contributed by atoms with Gasteiger partial charge in [-0.05, 0) is 85.7 Å². The number of carbonyl (C=O) groups excluding carboxylic acids is 1. The molecule has 3 fully saturated rings. The maximum absolute atomic E-state index is 12.5. The third-order valence-corrected chi connectivity index (χ3v) is 9.95. The maximum Gasteiger partial charge on any atom is 0.314 e. The molecule has 3 N–H and O–H groups in total. The minimum Gasteiger partial charge on any atom is -0.469 e. The quantitative estimate of drug-likeness (QED) is 0.296. The molecule has 0 spiro atoms. The van der Waals surface area contributed by atoms with Gasteiger partial charge >= 0.3 is 5.97 Å². The molecule has 3 saturated carbocycles. The van der Waals surface area contributed by atoms with Crippen LogP contribution in [0.15, 0.2) is 47.6 Å². The fourth-order valence-electron chi connectivity index (χ4n) is 7.49. The van der Waals surface area contributed by atoms with E-state index in [2.05, 4.69) is 38.7 Å². The second-order valence-electron chi connectivity index (χ2n) is 11.7. The standard InChI is InChI=1S/C31H48O5/c1-7-31(8-2,29(35)36-6)28(34)16-11-20(3)25-14-15-26-22(10-9-17-30(25,26)5)12-13-23-18-24(32)19-27(33)21(23)4/h11-13,16,20,24-28,32-34H,4,7-10,14-15,17-19H2,1-3,5-6H3/t20-,24-,25-,26+,27+,28-,30-/m1/s1. The summed E-state index contributed by atoms with van der Waals surface area (Å²) in [7, 11) is 1.39.